The molecule has 2 nitrogen and oxygen atoms in total. The van der Waals surface area contributed by atoms with Gasteiger partial charge in [0.05, 0.1) is 0 Å². The molecule has 1 aromatic rings. The van der Waals surface area contributed by atoms with E-state index in [9.17, 15) is 0 Å². The lowest BCUT2D eigenvalue weighted by Gasteiger charge is -2.44. The van der Waals surface area contributed by atoms with Crippen molar-refractivity contribution in [3.8, 4) is 0 Å². The standard InChI is InChI=1S/C16H25BrN2/c1-18-12-16(9-3-10-16)13-19(2)11-8-14-4-6-15(17)7-5-14/h4-7,18H,3,8-13H2,1-2H3. The van der Waals surface area contributed by atoms with Crippen molar-refractivity contribution in [3.63, 3.8) is 0 Å². The Morgan fingerprint density at radius 3 is 2.47 bits per heavy atom. The molecule has 2 rings (SSSR count). The van der Waals surface area contributed by atoms with Gasteiger partial charge in [0.15, 0.2) is 0 Å². The molecule has 0 heterocycles. The van der Waals surface area contributed by atoms with E-state index in [1.54, 1.807) is 0 Å². The molecule has 0 aliphatic heterocycles. The Bertz CT molecular complexity index is 384. The first-order valence-corrected chi connectivity index (χ1v) is 8.00. The first kappa shape index (κ1) is 15.0. The molecule has 1 aromatic carbocycles. The molecular formula is C16H25BrN2. The molecule has 19 heavy (non-hydrogen) atoms. The maximum Gasteiger partial charge on any atom is 0.0175 e. The molecule has 1 saturated carbocycles. The van der Waals surface area contributed by atoms with Crippen molar-refractivity contribution in [2.45, 2.75) is 25.7 Å². The van der Waals surface area contributed by atoms with E-state index < -0.39 is 0 Å². The van der Waals surface area contributed by atoms with Gasteiger partial charge in [0.25, 0.3) is 0 Å². The van der Waals surface area contributed by atoms with Crippen molar-refractivity contribution < 1.29 is 0 Å². The van der Waals surface area contributed by atoms with Crippen LogP contribution < -0.4 is 5.32 Å². The third kappa shape index (κ3) is 4.30. The van der Waals surface area contributed by atoms with Gasteiger partial charge in [0.2, 0.25) is 0 Å². The van der Waals surface area contributed by atoms with Gasteiger partial charge in [-0.15, -0.1) is 0 Å². The van der Waals surface area contributed by atoms with Gasteiger partial charge in [-0.2, -0.15) is 0 Å². The highest BCUT2D eigenvalue weighted by Crippen LogP contribution is 2.40. The normalized spacial score (nSPS) is 17.5. The molecule has 1 aliphatic carbocycles. The van der Waals surface area contributed by atoms with Gasteiger partial charge < -0.3 is 10.2 Å². The molecule has 106 valence electrons. The predicted molar refractivity (Wildman–Crippen MR) is 85.6 cm³/mol. The van der Waals surface area contributed by atoms with Crippen molar-refractivity contribution in [2.75, 3.05) is 33.7 Å². The Morgan fingerprint density at radius 1 is 1.26 bits per heavy atom. The maximum atomic E-state index is 3.48. The van der Waals surface area contributed by atoms with E-state index in [0.717, 1.165) is 24.0 Å². The molecule has 0 unspecified atom stereocenters. The molecular weight excluding hydrogens is 300 g/mol. The number of nitrogens with zero attached hydrogens (tertiary/aromatic N) is 1. The van der Waals surface area contributed by atoms with E-state index in [1.165, 1.54) is 31.4 Å². The zero-order chi connectivity index (χ0) is 13.7. The second-order valence-electron chi connectivity index (χ2n) is 6.00. The summed E-state index contributed by atoms with van der Waals surface area (Å²) in [5, 5.41) is 3.36. The number of nitrogens with one attached hydrogen (secondary N) is 1. The lowest BCUT2D eigenvalue weighted by Crippen LogP contribution is -2.47. The number of rotatable bonds is 7. The van der Waals surface area contributed by atoms with E-state index in [-0.39, 0.29) is 0 Å². The Balaban J connectivity index is 1.77. The molecule has 0 radical (unpaired) electrons. The molecule has 0 atom stereocenters. The van der Waals surface area contributed by atoms with Gasteiger partial charge in [0, 0.05) is 24.1 Å². The van der Waals surface area contributed by atoms with Crippen LogP contribution in [0.3, 0.4) is 0 Å². The van der Waals surface area contributed by atoms with E-state index >= 15 is 0 Å². The molecule has 0 bridgehead atoms. The summed E-state index contributed by atoms with van der Waals surface area (Å²) in [6.45, 7) is 3.53. The Kier molecular flexibility index (Phi) is 5.43. The summed E-state index contributed by atoms with van der Waals surface area (Å²) >= 11 is 3.48. The van der Waals surface area contributed by atoms with Crippen LogP contribution in [0.5, 0.6) is 0 Å². The molecule has 1 aliphatic rings. The SMILES string of the molecule is CNCC1(CN(C)CCc2ccc(Br)cc2)CCC1. The number of hydrogen-bond donors (Lipinski definition) is 1. The summed E-state index contributed by atoms with van der Waals surface area (Å²) in [6.07, 6.45) is 5.31. The van der Waals surface area contributed by atoms with Crippen LogP contribution in [0.2, 0.25) is 0 Å². The zero-order valence-corrected chi connectivity index (χ0v) is 13.7. The van der Waals surface area contributed by atoms with Crippen LogP contribution in [0.15, 0.2) is 28.7 Å². The lowest BCUT2D eigenvalue weighted by molar-refractivity contribution is 0.0803. The number of benzene rings is 1. The average Bonchev–Trinajstić information content (AvgIpc) is 2.36. The second kappa shape index (κ2) is 6.87. The summed E-state index contributed by atoms with van der Waals surface area (Å²) < 4.78 is 1.16. The quantitative estimate of drug-likeness (QED) is 0.827. The first-order valence-electron chi connectivity index (χ1n) is 7.21. The highest BCUT2D eigenvalue weighted by molar-refractivity contribution is 9.10. The number of hydrogen-bond acceptors (Lipinski definition) is 2. The summed E-state index contributed by atoms with van der Waals surface area (Å²) in [4.78, 5) is 2.50. The van der Waals surface area contributed by atoms with Crippen molar-refractivity contribution in [1.82, 2.24) is 10.2 Å². The third-order valence-electron chi connectivity index (χ3n) is 4.27. The van der Waals surface area contributed by atoms with Crippen LogP contribution in [0.25, 0.3) is 0 Å². The number of halogens is 1. The summed E-state index contributed by atoms with van der Waals surface area (Å²) in [5.41, 5.74) is 1.97. The Labute approximate surface area is 125 Å². The van der Waals surface area contributed by atoms with Gasteiger partial charge in [-0.3, -0.25) is 0 Å². The summed E-state index contributed by atoms with van der Waals surface area (Å²) in [7, 11) is 4.33. The van der Waals surface area contributed by atoms with Crippen molar-refractivity contribution in [2.24, 2.45) is 5.41 Å². The summed E-state index contributed by atoms with van der Waals surface area (Å²) in [5.74, 6) is 0. The van der Waals surface area contributed by atoms with E-state index in [4.69, 9.17) is 0 Å². The Hall–Kier alpha value is -0.380. The van der Waals surface area contributed by atoms with Crippen LogP contribution in [-0.2, 0) is 6.42 Å². The van der Waals surface area contributed by atoms with Gasteiger partial charge in [-0.1, -0.05) is 34.5 Å². The van der Waals surface area contributed by atoms with Crippen LogP contribution in [-0.4, -0.2) is 38.6 Å². The smallest absolute Gasteiger partial charge is 0.0175 e. The molecule has 3 heteroatoms. The fourth-order valence-corrected chi connectivity index (χ4v) is 3.33. The van der Waals surface area contributed by atoms with Gasteiger partial charge in [-0.25, -0.2) is 0 Å². The van der Waals surface area contributed by atoms with Gasteiger partial charge >= 0.3 is 0 Å². The molecule has 0 spiro atoms. The van der Waals surface area contributed by atoms with Crippen molar-refractivity contribution in [1.29, 1.82) is 0 Å². The maximum absolute atomic E-state index is 3.48. The van der Waals surface area contributed by atoms with Crippen molar-refractivity contribution >= 4 is 15.9 Å². The molecule has 1 N–H and O–H groups in total. The molecule has 0 amide bonds. The first-order chi connectivity index (χ1) is 9.13. The minimum atomic E-state index is 0.545. The molecule has 0 saturated heterocycles. The predicted octanol–water partition coefficient (Wildman–Crippen LogP) is 3.31. The number of likely N-dealkylation sites (N-methyl/N-ethyl adjacent to an activating group) is 1. The van der Waals surface area contributed by atoms with Crippen LogP contribution in [0.4, 0.5) is 0 Å². The minimum absolute atomic E-state index is 0.545. The fourth-order valence-electron chi connectivity index (χ4n) is 3.07. The zero-order valence-electron chi connectivity index (χ0n) is 12.1. The third-order valence-corrected chi connectivity index (χ3v) is 4.80. The second-order valence-corrected chi connectivity index (χ2v) is 6.91. The van der Waals surface area contributed by atoms with E-state index in [1.807, 2.05) is 0 Å². The van der Waals surface area contributed by atoms with E-state index in [0.29, 0.717) is 5.41 Å². The van der Waals surface area contributed by atoms with Crippen LogP contribution in [0.1, 0.15) is 24.8 Å². The largest absolute Gasteiger partial charge is 0.319 e. The molecule has 1 fully saturated rings. The summed E-state index contributed by atoms with van der Waals surface area (Å²) in [6, 6.07) is 8.68. The highest BCUT2D eigenvalue weighted by Gasteiger charge is 2.36. The monoisotopic (exact) mass is 324 g/mol. The lowest BCUT2D eigenvalue weighted by atomic mass is 9.68. The van der Waals surface area contributed by atoms with Crippen molar-refractivity contribution in [3.05, 3.63) is 34.3 Å². The Morgan fingerprint density at radius 2 is 1.95 bits per heavy atom. The minimum Gasteiger partial charge on any atom is -0.319 e. The topological polar surface area (TPSA) is 15.3 Å². The van der Waals surface area contributed by atoms with Crippen LogP contribution in [0, 0.1) is 5.41 Å². The van der Waals surface area contributed by atoms with E-state index in [2.05, 4.69) is 64.5 Å². The fraction of sp³-hybridized carbons (Fsp3) is 0.625. The molecule has 0 aromatic heterocycles. The highest BCUT2D eigenvalue weighted by atomic mass is 79.9. The average molecular weight is 325 g/mol. The van der Waals surface area contributed by atoms with Gasteiger partial charge in [0.1, 0.15) is 0 Å². The van der Waals surface area contributed by atoms with Crippen LogP contribution >= 0.6 is 15.9 Å². The van der Waals surface area contributed by atoms with Gasteiger partial charge in [-0.05, 0) is 56.5 Å².